The van der Waals surface area contributed by atoms with E-state index in [2.05, 4.69) is 47.5 Å². The molecule has 2 atom stereocenters. The summed E-state index contributed by atoms with van der Waals surface area (Å²) >= 11 is 14.0. The minimum absolute atomic E-state index is 0.0649. The average molecular weight is 543 g/mol. The van der Waals surface area contributed by atoms with Crippen LogP contribution < -0.4 is 0 Å². The molecule has 0 N–H and O–H groups in total. The van der Waals surface area contributed by atoms with Crippen molar-refractivity contribution in [2.45, 2.75) is 32.4 Å². The summed E-state index contributed by atoms with van der Waals surface area (Å²) in [5, 5.41) is 3.01. The molecule has 0 saturated carbocycles. The molecule has 1 aromatic heterocycles. The minimum Gasteiger partial charge on any atom is -0.338 e. The van der Waals surface area contributed by atoms with Crippen molar-refractivity contribution in [3.8, 4) is 0 Å². The van der Waals surface area contributed by atoms with Gasteiger partial charge in [0.1, 0.15) is 0 Å². The first-order valence-corrected chi connectivity index (χ1v) is 13.9. The van der Waals surface area contributed by atoms with Crippen molar-refractivity contribution in [2.24, 2.45) is 0 Å². The summed E-state index contributed by atoms with van der Waals surface area (Å²) < 4.78 is 0. The Kier molecular flexibility index (Phi) is 7.40. The maximum absolute atomic E-state index is 13.7. The third-order valence-electron chi connectivity index (χ3n) is 7.38. The van der Waals surface area contributed by atoms with Crippen LogP contribution in [-0.4, -0.2) is 65.3 Å². The second kappa shape index (κ2) is 10.5. The van der Waals surface area contributed by atoms with Crippen molar-refractivity contribution in [3.05, 3.63) is 91.1 Å². The van der Waals surface area contributed by atoms with Gasteiger partial charge in [-0.25, -0.2) is 0 Å². The van der Waals surface area contributed by atoms with Crippen LogP contribution in [0, 0.1) is 6.92 Å². The normalized spacial score (nSPS) is 19.2. The van der Waals surface area contributed by atoms with E-state index in [9.17, 15) is 9.59 Å². The second-order valence-corrected chi connectivity index (χ2v) is 11.3. The average Bonchev–Trinajstić information content (AvgIpc) is 3.36. The van der Waals surface area contributed by atoms with Crippen LogP contribution >= 0.6 is 34.5 Å². The van der Waals surface area contributed by atoms with Gasteiger partial charge in [0, 0.05) is 42.6 Å². The van der Waals surface area contributed by atoms with Gasteiger partial charge >= 0.3 is 0 Å². The van der Waals surface area contributed by atoms with Gasteiger partial charge < -0.3 is 9.80 Å². The number of amides is 2. The van der Waals surface area contributed by atoms with Crippen LogP contribution in [0.5, 0.6) is 0 Å². The van der Waals surface area contributed by atoms with Crippen molar-refractivity contribution in [1.82, 2.24) is 14.7 Å². The molecule has 3 heterocycles. The lowest BCUT2D eigenvalue weighted by atomic mass is 9.89. The number of halogens is 2. The van der Waals surface area contributed by atoms with Crippen LogP contribution in [0.4, 0.5) is 0 Å². The molecule has 0 bridgehead atoms. The zero-order valence-corrected chi connectivity index (χ0v) is 22.7. The molecule has 1 saturated heterocycles. The van der Waals surface area contributed by atoms with E-state index >= 15 is 0 Å². The summed E-state index contributed by atoms with van der Waals surface area (Å²) in [6, 6.07) is 15.4. The molecule has 5 nitrogen and oxygen atoms in total. The number of fused-ring (bicyclic) bond motifs is 1. The van der Waals surface area contributed by atoms with Gasteiger partial charge in [0.25, 0.3) is 5.91 Å². The zero-order valence-electron chi connectivity index (χ0n) is 20.4. The predicted molar refractivity (Wildman–Crippen MR) is 146 cm³/mol. The Labute approximate surface area is 226 Å². The molecule has 2 aliphatic rings. The van der Waals surface area contributed by atoms with E-state index in [1.165, 1.54) is 21.6 Å². The third-order valence-corrected chi connectivity index (χ3v) is 8.93. The van der Waals surface area contributed by atoms with E-state index in [1.807, 2.05) is 11.8 Å². The number of carbonyl (C=O) groups excluding carboxylic acids is 2. The molecule has 8 heteroatoms. The highest BCUT2D eigenvalue weighted by Gasteiger charge is 2.38. The molecule has 0 spiro atoms. The van der Waals surface area contributed by atoms with Crippen LogP contribution in [-0.2, 0) is 11.2 Å². The number of hydrogen-bond acceptors (Lipinski definition) is 4. The maximum Gasteiger partial charge on any atom is 0.255 e. The lowest BCUT2D eigenvalue weighted by Crippen LogP contribution is -2.56. The minimum atomic E-state index is -0.268. The van der Waals surface area contributed by atoms with Crippen LogP contribution in [0.15, 0.2) is 53.9 Å². The Balaban J connectivity index is 1.30. The fourth-order valence-corrected chi connectivity index (χ4v) is 6.76. The zero-order chi connectivity index (χ0) is 25.4. The van der Waals surface area contributed by atoms with E-state index in [0.717, 1.165) is 13.0 Å². The molecule has 2 amide bonds. The highest BCUT2D eigenvalue weighted by atomic mass is 35.5. The summed E-state index contributed by atoms with van der Waals surface area (Å²) in [7, 11) is 0. The SMILES string of the molecule is Cc1ccccc1[C@@H]1c2ccsc2CCN1[C@H](C)C(=O)N1CCN(C(=O)c2ccc(Cl)cc2Cl)CC1. The van der Waals surface area contributed by atoms with Gasteiger partial charge in [0.2, 0.25) is 5.91 Å². The number of thiophene rings is 1. The van der Waals surface area contributed by atoms with Crippen molar-refractivity contribution >= 4 is 46.4 Å². The fraction of sp³-hybridized carbons (Fsp3) is 0.357. The van der Waals surface area contributed by atoms with Crippen molar-refractivity contribution < 1.29 is 9.59 Å². The molecule has 36 heavy (non-hydrogen) atoms. The molecule has 2 aromatic carbocycles. The monoisotopic (exact) mass is 541 g/mol. The van der Waals surface area contributed by atoms with Crippen molar-refractivity contribution in [1.29, 1.82) is 0 Å². The van der Waals surface area contributed by atoms with Gasteiger partial charge in [0.05, 0.1) is 22.7 Å². The Morgan fingerprint density at radius 1 is 0.944 bits per heavy atom. The maximum atomic E-state index is 13.7. The Morgan fingerprint density at radius 2 is 1.67 bits per heavy atom. The predicted octanol–water partition coefficient (Wildman–Crippen LogP) is 5.68. The Bertz CT molecular complexity index is 1290. The van der Waals surface area contributed by atoms with E-state index in [4.69, 9.17) is 23.2 Å². The van der Waals surface area contributed by atoms with Gasteiger partial charge in [-0.3, -0.25) is 14.5 Å². The van der Waals surface area contributed by atoms with Gasteiger partial charge in [-0.2, -0.15) is 0 Å². The molecule has 0 radical (unpaired) electrons. The molecule has 0 unspecified atom stereocenters. The quantitative estimate of drug-likeness (QED) is 0.426. The highest BCUT2D eigenvalue weighted by Crippen LogP contribution is 2.40. The topological polar surface area (TPSA) is 43.9 Å². The number of piperazine rings is 1. The number of nitrogens with zero attached hydrogens (tertiary/aromatic N) is 3. The van der Waals surface area contributed by atoms with Gasteiger partial charge in [0.15, 0.2) is 0 Å². The summed E-state index contributed by atoms with van der Waals surface area (Å²) in [4.78, 5) is 34.1. The largest absolute Gasteiger partial charge is 0.338 e. The molecule has 1 fully saturated rings. The molecule has 5 rings (SSSR count). The Hall–Kier alpha value is -2.38. The Morgan fingerprint density at radius 3 is 2.39 bits per heavy atom. The smallest absolute Gasteiger partial charge is 0.255 e. The standard InChI is InChI=1S/C28H29Cl2N3O2S/c1-18-5-3-4-6-21(18)26-23-10-16-36-25(23)9-11-33(26)19(2)27(34)31-12-14-32(15-13-31)28(35)22-8-7-20(29)17-24(22)30/h3-8,10,16-17,19,26H,9,11-15H2,1-2H3/t19-,26-/m1/s1. The van der Waals surface area contributed by atoms with E-state index in [0.29, 0.717) is 41.8 Å². The van der Waals surface area contributed by atoms with E-state index < -0.39 is 0 Å². The first-order chi connectivity index (χ1) is 17.3. The first-order valence-electron chi connectivity index (χ1n) is 12.3. The van der Waals surface area contributed by atoms with Crippen molar-refractivity contribution in [3.63, 3.8) is 0 Å². The van der Waals surface area contributed by atoms with Crippen molar-refractivity contribution in [2.75, 3.05) is 32.7 Å². The van der Waals surface area contributed by atoms with E-state index in [1.54, 1.807) is 34.4 Å². The molecule has 188 valence electrons. The fourth-order valence-electron chi connectivity index (χ4n) is 5.36. The molecule has 3 aromatic rings. The molecule has 2 aliphatic heterocycles. The second-order valence-electron chi connectivity index (χ2n) is 9.46. The summed E-state index contributed by atoms with van der Waals surface area (Å²) in [5.74, 6) is -0.0127. The van der Waals surface area contributed by atoms with Crippen LogP contribution in [0.2, 0.25) is 10.0 Å². The van der Waals surface area contributed by atoms with Gasteiger partial charge in [-0.05, 0) is 66.6 Å². The van der Waals surface area contributed by atoms with E-state index in [-0.39, 0.29) is 23.9 Å². The number of hydrogen-bond donors (Lipinski definition) is 0. The van der Waals surface area contributed by atoms with Gasteiger partial charge in [-0.1, -0.05) is 47.5 Å². The summed E-state index contributed by atoms with van der Waals surface area (Å²) in [5.41, 5.74) is 4.25. The highest BCUT2D eigenvalue weighted by molar-refractivity contribution is 7.10. The lowest BCUT2D eigenvalue weighted by Gasteiger charge is -2.43. The molecular formula is C28H29Cl2N3O2S. The van der Waals surface area contributed by atoms with Crippen LogP contribution in [0.25, 0.3) is 0 Å². The lowest BCUT2D eigenvalue weighted by molar-refractivity contribution is -0.138. The first kappa shape index (κ1) is 25.3. The molecule has 0 aliphatic carbocycles. The summed E-state index contributed by atoms with van der Waals surface area (Å²) in [6.07, 6.45) is 0.955. The number of benzene rings is 2. The van der Waals surface area contributed by atoms with Crippen LogP contribution in [0.1, 0.15) is 44.9 Å². The third kappa shape index (κ3) is 4.80. The number of rotatable bonds is 4. The number of carbonyl (C=O) groups is 2. The molecular weight excluding hydrogens is 513 g/mol. The van der Waals surface area contributed by atoms with Gasteiger partial charge in [-0.15, -0.1) is 11.3 Å². The van der Waals surface area contributed by atoms with Crippen LogP contribution in [0.3, 0.4) is 0 Å². The summed E-state index contributed by atoms with van der Waals surface area (Å²) in [6.45, 7) is 6.98. The number of aryl methyl sites for hydroxylation is 1.